The van der Waals surface area contributed by atoms with Crippen LogP contribution in [0, 0.1) is 0 Å². The van der Waals surface area contributed by atoms with Crippen molar-refractivity contribution >= 4 is 5.97 Å². The van der Waals surface area contributed by atoms with E-state index in [1.165, 1.54) is 5.56 Å². The van der Waals surface area contributed by atoms with E-state index in [1.807, 2.05) is 22.8 Å². The SMILES string of the molecule is CCCc1ccccc1-c1ccc(C(=O)O)n1CCC. The van der Waals surface area contributed by atoms with Gasteiger partial charge in [0.05, 0.1) is 0 Å². The van der Waals surface area contributed by atoms with E-state index in [9.17, 15) is 9.90 Å². The normalized spacial score (nSPS) is 10.7. The zero-order chi connectivity index (χ0) is 14.5. The highest BCUT2D eigenvalue weighted by molar-refractivity contribution is 5.87. The fourth-order valence-corrected chi connectivity index (χ4v) is 2.61. The van der Waals surface area contributed by atoms with Gasteiger partial charge in [-0.2, -0.15) is 0 Å². The topological polar surface area (TPSA) is 42.2 Å². The molecule has 2 rings (SSSR count). The van der Waals surface area contributed by atoms with Crippen LogP contribution in [0.15, 0.2) is 36.4 Å². The lowest BCUT2D eigenvalue weighted by atomic mass is 10.0. The van der Waals surface area contributed by atoms with Crippen LogP contribution in [0.3, 0.4) is 0 Å². The summed E-state index contributed by atoms with van der Waals surface area (Å²) in [5, 5.41) is 9.30. The Hall–Kier alpha value is -2.03. The van der Waals surface area contributed by atoms with E-state index >= 15 is 0 Å². The predicted octanol–water partition coefficient (Wildman–Crippen LogP) is 4.22. The molecule has 0 spiro atoms. The van der Waals surface area contributed by atoms with Crippen molar-refractivity contribution in [3.63, 3.8) is 0 Å². The number of nitrogens with zero attached hydrogens (tertiary/aromatic N) is 1. The molecule has 20 heavy (non-hydrogen) atoms. The second-order valence-corrected chi connectivity index (χ2v) is 4.97. The van der Waals surface area contributed by atoms with E-state index in [0.717, 1.165) is 37.1 Å². The number of hydrogen-bond acceptors (Lipinski definition) is 1. The van der Waals surface area contributed by atoms with Gasteiger partial charge in [0, 0.05) is 17.8 Å². The molecule has 0 bridgehead atoms. The van der Waals surface area contributed by atoms with Gasteiger partial charge in [0.25, 0.3) is 0 Å². The molecule has 0 saturated carbocycles. The predicted molar refractivity (Wildman–Crippen MR) is 81.1 cm³/mol. The molecule has 0 aliphatic carbocycles. The third kappa shape index (κ3) is 2.77. The lowest BCUT2D eigenvalue weighted by Gasteiger charge is -2.14. The van der Waals surface area contributed by atoms with Crippen LogP contribution in [0.1, 0.15) is 42.7 Å². The van der Waals surface area contributed by atoms with Crippen LogP contribution < -0.4 is 0 Å². The van der Waals surface area contributed by atoms with Crippen LogP contribution in [-0.2, 0) is 13.0 Å². The maximum Gasteiger partial charge on any atom is 0.352 e. The minimum Gasteiger partial charge on any atom is -0.477 e. The summed E-state index contributed by atoms with van der Waals surface area (Å²) in [6.45, 7) is 4.95. The van der Waals surface area contributed by atoms with Crippen LogP contribution in [0.4, 0.5) is 0 Å². The highest BCUT2D eigenvalue weighted by Crippen LogP contribution is 2.27. The number of hydrogen-bond donors (Lipinski definition) is 1. The summed E-state index contributed by atoms with van der Waals surface area (Å²) in [5.41, 5.74) is 3.80. The van der Waals surface area contributed by atoms with Crippen molar-refractivity contribution in [1.29, 1.82) is 0 Å². The molecule has 0 aliphatic rings. The van der Waals surface area contributed by atoms with E-state index in [4.69, 9.17) is 0 Å². The number of benzene rings is 1. The highest BCUT2D eigenvalue weighted by atomic mass is 16.4. The van der Waals surface area contributed by atoms with Gasteiger partial charge in [-0.15, -0.1) is 0 Å². The van der Waals surface area contributed by atoms with Crippen molar-refractivity contribution in [3.05, 3.63) is 47.7 Å². The first-order chi connectivity index (χ1) is 9.69. The Morgan fingerprint density at radius 3 is 2.50 bits per heavy atom. The Bertz CT molecular complexity index is 599. The molecule has 106 valence electrons. The number of aromatic nitrogens is 1. The van der Waals surface area contributed by atoms with Gasteiger partial charge in [-0.3, -0.25) is 0 Å². The summed E-state index contributed by atoms with van der Waals surface area (Å²) >= 11 is 0. The number of aryl methyl sites for hydroxylation is 1. The number of carbonyl (C=O) groups is 1. The molecule has 0 radical (unpaired) electrons. The zero-order valence-electron chi connectivity index (χ0n) is 12.1. The summed E-state index contributed by atoms with van der Waals surface area (Å²) < 4.78 is 1.91. The Balaban J connectivity index is 2.55. The van der Waals surface area contributed by atoms with Crippen molar-refractivity contribution in [2.45, 2.75) is 39.7 Å². The van der Waals surface area contributed by atoms with Crippen molar-refractivity contribution in [2.75, 3.05) is 0 Å². The molecule has 0 atom stereocenters. The van der Waals surface area contributed by atoms with Gasteiger partial charge in [0.2, 0.25) is 0 Å². The maximum atomic E-state index is 11.3. The van der Waals surface area contributed by atoms with Gasteiger partial charge in [-0.25, -0.2) is 4.79 Å². The average Bonchev–Trinajstić information content (AvgIpc) is 2.84. The summed E-state index contributed by atoms with van der Waals surface area (Å²) in [7, 11) is 0. The van der Waals surface area contributed by atoms with E-state index in [2.05, 4.69) is 26.0 Å². The van der Waals surface area contributed by atoms with Crippen molar-refractivity contribution in [1.82, 2.24) is 4.57 Å². The molecule has 0 saturated heterocycles. The van der Waals surface area contributed by atoms with Gasteiger partial charge in [0.15, 0.2) is 0 Å². The van der Waals surface area contributed by atoms with Gasteiger partial charge < -0.3 is 9.67 Å². The third-order valence-corrected chi connectivity index (χ3v) is 3.46. The molecule has 0 amide bonds. The lowest BCUT2D eigenvalue weighted by Crippen LogP contribution is -2.09. The van der Waals surface area contributed by atoms with Gasteiger partial charge >= 0.3 is 5.97 Å². The van der Waals surface area contributed by atoms with Crippen LogP contribution in [-0.4, -0.2) is 15.6 Å². The summed E-state index contributed by atoms with van der Waals surface area (Å²) in [4.78, 5) is 11.3. The van der Waals surface area contributed by atoms with Crippen LogP contribution >= 0.6 is 0 Å². The zero-order valence-corrected chi connectivity index (χ0v) is 12.1. The number of aromatic carboxylic acids is 1. The van der Waals surface area contributed by atoms with Crippen molar-refractivity contribution in [2.24, 2.45) is 0 Å². The molecule has 0 aliphatic heterocycles. The molecule has 1 aromatic carbocycles. The molecule has 0 fully saturated rings. The number of rotatable bonds is 6. The molecule has 1 N–H and O–H groups in total. The largest absolute Gasteiger partial charge is 0.477 e. The Labute approximate surface area is 119 Å². The minimum absolute atomic E-state index is 0.369. The summed E-state index contributed by atoms with van der Waals surface area (Å²) in [6.07, 6.45) is 3.01. The Morgan fingerprint density at radius 1 is 1.10 bits per heavy atom. The summed E-state index contributed by atoms with van der Waals surface area (Å²) in [5.74, 6) is -0.863. The molecular weight excluding hydrogens is 250 g/mol. The van der Waals surface area contributed by atoms with Crippen molar-refractivity contribution < 1.29 is 9.90 Å². The second kappa shape index (κ2) is 6.42. The minimum atomic E-state index is -0.863. The Kier molecular flexibility index (Phi) is 4.61. The lowest BCUT2D eigenvalue weighted by molar-refractivity contribution is 0.0685. The Morgan fingerprint density at radius 2 is 1.85 bits per heavy atom. The molecule has 1 heterocycles. The molecule has 0 unspecified atom stereocenters. The average molecular weight is 271 g/mol. The monoisotopic (exact) mass is 271 g/mol. The quantitative estimate of drug-likeness (QED) is 0.855. The molecule has 2 aromatic rings. The van der Waals surface area contributed by atoms with Gasteiger partial charge in [-0.1, -0.05) is 44.5 Å². The van der Waals surface area contributed by atoms with Gasteiger partial charge in [-0.05, 0) is 30.5 Å². The fraction of sp³-hybridized carbons (Fsp3) is 0.353. The smallest absolute Gasteiger partial charge is 0.352 e. The molecule has 3 nitrogen and oxygen atoms in total. The molecule has 3 heteroatoms. The first-order valence-electron chi connectivity index (χ1n) is 7.20. The van der Waals surface area contributed by atoms with Crippen LogP contribution in [0.2, 0.25) is 0 Å². The summed E-state index contributed by atoms with van der Waals surface area (Å²) in [6, 6.07) is 11.9. The maximum absolute atomic E-state index is 11.3. The van der Waals surface area contributed by atoms with E-state index < -0.39 is 5.97 Å². The van der Waals surface area contributed by atoms with Crippen LogP contribution in [0.25, 0.3) is 11.3 Å². The van der Waals surface area contributed by atoms with Crippen LogP contribution in [0.5, 0.6) is 0 Å². The molecule has 1 aromatic heterocycles. The van der Waals surface area contributed by atoms with E-state index in [-0.39, 0.29) is 0 Å². The standard InChI is InChI=1S/C17H21NO2/c1-3-7-13-8-5-6-9-14(13)15-10-11-16(17(19)20)18(15)12-4-2/h5-6,8-11H,3-4,7,12H2,1-2H3,(H,19,20). The van der Waals surface area contributed by atoms with Gasteiger partial charge in [0.1, 0.15) is 5.69 Å². The van der Waals surface area contributed by atoms with E-state index in [1.54, 1.807) is 6.07 Å². The number of carboxylic acids is 1. The first-order valence-corrected chi connectivity index (χ1v) is 7.20. The third-order valence-electron chi connectivity index (χ3n) is 3.46. The molecular formula is C17H21NO2. The second-order valence-electron chi connectivity index (χ2n) is 4.97. The fourth-order valence-electron chi connectivity index (χ4n) is 2.61. The highest BCUT2D eigenvalue weighted by Gasteiger charge is 2.16. The first kappa shape index (κ1) is 14.4. The van der Waals surface area contributed by atoms with E-state index in [0.29, 0.717) is 5.69 Å². The number of carboxylic acid groups (broad SMARTS) is 1. The van der Waals surface area contributed by atoms with Crippen molar-refractivity contribution in [3.8, 4) is 11.3 Å².